The summed E-state index contributed by atoms with van der Waals surface area (Å²) in [5.41, 5.74) is 6.96. The van der Waals surface area contributed by atoms with Gasteiger partial charge in [-0.1, -0.05) is 17.7 Å². The summed E-state index contributed by atoms with van der Waals surface area (Å²) in [6.07, 6.45) is 3.63. The number of hydrogen-bond donors (Lipinski definition) is 1. The van der Waals surface area contributed by atoms with Gasteiger partial charge in [-0.05, 0) is 35.9 Å². The molecule has 0 bridgehead atoms. The molecule has 0 fully saturated rings. The molecule has 17 heavy (non-hydrogen) atoms. The molecule has 2 nitrogen and oxygen atoms in total. The summed E-state index contributed by atoms with van der Waals surface area (Å²) >= 11 is 7.58. The Morgan fingerprint density at radius 1 is 1.24 bits per heavy atom. The zero-order valence-electron chi connectivity index (χ0n) is 9.21. The predicted molar refractivity (Wildman–Crippen MR) is 73.3 cm³/mol. The van der Waals surface area contributed by atoms with E-state index in [-0.39, 0.29) is 5.25 Å². The van der Waals surface area contributed by atoms with Gasteiger partial charge in [0.2, 0.25) is 0 Å². The van der Waals surface area contributed by atoms with Crippen molar-refractivity contribution in [1.29, 1.82) is 0 Å². The smallest absolute Gasteiger partial charge is 0.0482 e. The Morgan fingerprint density at radius 3 is 2.59 bits per heavy atom. The molecule has 1 heterocycles. The average molecular weight is 265 g/mol. The fraction of sp³-hybridized carbons (Fsp3) is 0.154. The van der Waals surface area contributed by atoms with Crippen LogP contribution in [0.1, 0.15) is 10.8 Å². The highest BCUT2D eigenvalue weighted by Gasteiger charge is 2.11. The predicted octanol–water partition coefficient (Wildman–Crippen LogP) is 3.53. The summed E-state index contributed by atoms with van der Waals surface area (Å²) in [5.74, 6) is 0. The van der Waals surface area contributed by atoms with E-state index in [1.54, 1.807) is 18.0 Å². The third kappa shape index (κ3) is 3.46. The SMILES string of the molecule is NCC(Sc1ccc(Cl)cc1)c1cccnc1. The van der Waals surface area contributed by atoms with Crippen LogP contribution in [0.2, 0.25) is 5.02 Å². The number of aromatic nitrogens is 1. The molecule has 2 N–H and O–H groups in total. The van der Waals surface area contributed by atoms with Crippen molar-refractivity contribution < 1.29 is 0 Å². The lowest BCUT2D eigenvalue weighted by atomic mass is 10.2. The highest BCUT2D eigenvalue weighted by molar-refractivity contribution is 7.99. The van der Waals surface area contributed by atoms with Gasteiger partial charge < -0.3 is 5.73 Å². The first-order chi connectivity index (χ1) is 8.29. The molecule has 2 rings (SSSR count). The third-order valence-electron chi connectivity index (χ3n) is 2.36. The summed E-state index contributed by atoms with van der Waals surface area (Å²) in [6.45, 7) is 0.582. The quantitative estimate of drug-likeness (QED) is 0.859. The van der Waals surface area contributed by atoms with Crippen LogP contribution in [0.5, 0.6) is 0 Å². The van der Waals surface area contributed by atoms with Gasteiger partial charge in [-0.2, -0.15) is 0 Å². The van der Waals surface area contributed by atoms with Gasteiger partial charge in [-0.3, -0.25) is 4.98 Å². The first kappa shape index (κ1) is 12.4. The minimum Gasteiger partial charge on any atom is -0.329 e. The maximum Gasteiger partial charge on any atom is 0.0482 e. The van der Waals surface area contributed by atoms with Crippen molar-refractivity contribution in [3.8, 4) is 0 Å². The van der Waals surface area contributed by atoms with Crippen molar-refractivity contribution in [2.75, 3.05) is 6.54 Å². The highest BCUT2D eigenvalue weighted by atomic mass is 35.5. The summed E-state index contributed by atoms with van der Waals surface area (Å²) in [5, 5.41) is 0.977. The van der Waals surface area contributed by atoms with Crippen molar-refractivity contribution >= 4 is 23.4 Å². The van der Waals surface area contributed by atoms with E-state index in [2.05, 4.69) is 4.98 Å². The molecule has 0 spiro atoms. The van der Waals surface area contributed by atoms with Gasteiger partial charge in [-0.25, -0.2) is 0 Å². The number of hydrogen-bond acceptors (Lipinski definition) is 3. The van der Waals surface area contributed by atoms with E-state index in [4.69, 9.17) is 17.3 Å². The van der Waals surface area contributed by atoms with E-state index in [1.165, 1.54) is 0 Å². The molecule has 0 aliphatic heterocycles. The Kier molecular flexibility index (Phi) is 4.42. The van der Waals surface area contributed by atoms with Crippen LogP contribution in [0.4, 0.5) is 0 Å². The van der Waals surface area contributed by atoms with Crippen molar-refractivity contribution in [2.45, 2.75) is 10.1 Å². The van der Waals surface area contributed by atoms with Crippen LogP contribution in [0, 0.1) is 0 Å². The molecule has 0 aliphatic carbocycles. The van der Waals surface area contributed by atoms with Crippen molar-refractivity contribution in [2.24, 2.45) is 5.73 Å². The van der Waals surface area contributed by atoms with Crippen molar-refractivity contribution in [3.05, 3.63) is 59.4 Å². The number of benzene rings is 1. The molecule has 0 aliphatic rings. The van der Waals surface area contributed by atoms with E-state index in [9.17, 15) is 0 Å². The molecule has 1 atom stereocenters. The molecule has 1 unspecified atom stereocenters. The molecular formula is C13H13ClN2S. The third-order valence-corrected chi connectivity index (χ3v) is 3.91. The van der Waals surface area contributed by atoms with Gasteiger partial charge in [0.1, 0.15) is 0 Å². The zero-order valence-corrected chi connectivity index (χ0v) is 10.8. The fourth-order valence-corrected chi connectivity index (χ4v) is 2.62. The van der Waals surface area contributed by atoms with Crippen LogP contribution in [-0.2, 0) is 0 Å². The van der Waals surface area contributed by atoms with Crippen LogP contribution >= 0.6 is 23.4 Å². The van der Waals surface area contributed by atoms with E-state index in [1.807, 2.05) is 42.6 Å². The second kappa shape index (κ2) is 6.05. The second-order valence-corrected chi connectivity index (χ2v) is 5.30. The molecule has 4 heteroatoms. The summed E-state index contributed by atoms with van der Waals surface area (Å²) in [4.78, 5) is 5.28. The standard InChI is InChI=1S/C13H13ClN2S/c14-11-3-5-12(6-4-11)17-13(8-15)10-2-1-7-16-9-10/h1-7,9,13H,8,15H2. The van der Waals surface area contributed by atoms with Gasteiger partial charge in [0.25, 0.3) is 0 Å². The van der Waals surface area contributed by atoms with E-state index in [0.717, 1.165) is 15.5 Å². The van der Waals surface area contributed by atoms with Crippen LogP contribution in [0.3, 0.4) is 0 Å². The number of nitrogens with zero attached hydrogens (tertiary/aromatic N) is 1. The van der Waals surface area contributed by atoms with Crippen LogP contribution in [-0.4, -0.2) is 11.5 Å². The van der Waals surface area contributed by atoms with Crippen LogP contribution in [0.25, 0.3) is 0 Å². The van der Waals surface area contributed by atoms with Crippen molar-refractivity contribution in [3.63, 3.8) is 0 Å². The molecule has 1 aromatic heterocycles. The lowest BCUT2D eigenvalue weighted by molar-refractivity contribution is 0.932. The maximum absolute atomic E-state index is 5.86. The van der Waals surface area contributed by atoms with Gasteiger partial charge in [0, 0.05) is 34.1 Å². The summed E-state index contributed by atoms with van der Waals surface area (Å²) < 4.78 is 0. The Bertz CT molecular complexity index is 459. The largest absolute Gasteiger partial charge is 0.329 e. The topological polar surface area (TPSA) is 38.9 Å². The number of thioether (sulfide) groups is 1. The Balaban J connectivity index is 2.13. The number of halogens is 1. The first-order valence-corrected chi connectivity index (χ1v) is 6.57. The lowest BCUT2D eigenvalue weighted by Gasteiger charge is -2.14. The number of rotatable bonds is 4. The number of pyridine rings is 1. The highest BCUT2D eigenvalue weighted by Crippen LogP contribution is 2.34. The minimum absolute atomic E-state index is 0.227. The van der Waals surface area contributed by atoms with E-state index in [0.29, 0.717) is 6.54 Å². The molecule has 88 valence electrons. The van der Waals surface area contributed by atoms with E-state index >= 15 is 0 Å². The minimum atomic E-state index is 0.227. The zero-order chi connectivity index (χ0) is 12.1. The van der Waals surface area contributed by atoms with Gasteiger partial charge in [-0.15, -0.1) is 11.8 Å². The van der Waals surface area contributed by atoms with Gasteiger partial charge in [0.05, 0.1) is 0 Å². The van der Waals surface area contributed by atoms with E-state index < -0.39 is 0 Å². The van der Waals surface area contributed by atoms with Gasteiger partial charge >= 0.3 is 0 Å². The Morgan fingerprint density at radius 2 is 2.00 bits per heavy atom. The Hall–Kier alpha value is -1.03. The second-order valence-electron chi connectivity index (χ2n) is 3.58. The maximum atomic E-state index is 5.86. The molecule has 0 saturated heterocycles. The fourth-order valence-electron chi connectivity index (χ4n) is 1.50. The monoisotopic (exact) mass is 264 g/mol. The molecule has 0 saturated carbocycles. The van der Waals surface area contributed by atoms with Gasteiger partial charge in [0.15, 0.2) is 0 Å². The lowest BCUT2D eigenvalue weighted by Crippen LogP contribution is -2.09. The molecule has 2 aromatic rings. The van der Waals surface area contributed by atoms with Crippen molar-refractivity contribution in [1.82, 2.24) is 4.98 Å². The molecule has 0 amide bonds. The normalized spacial score (nSPS) is 12.4. The first-order valence-electron chi connectivity index (χ1n) is 5.32. The molecule has 0 radical (unpaired) electrons. The van der Waals surface area contributed by atoms with Crippen LogP contribution in [0.15, 0.2) is 53.7 Å². The molecule has 1 aromatic carbocycles. The number of nitrogens with two attached hydrogens (primary N) is 1. The molecular weight excluding hydrogens is 252 g/mol. The summed E-state index contributed by atoms with van der Waals surface area (Å²) in [6, 6.07) is 11.8. The average Bonchev–Trinajstić information content (AvgIpc) is 2.39. The summed E-state index contributed by atoms with van der Waals surface area (Å²) in [7, 11) is 0. The van der Waals surface area contributed by atoms with Crippen LogP contribution < -0.4 is 5.73 Å². The Labute approximate surface area is 110 Å².